The van der Waals surface area contributed by atoms with Crippen LogP contribution in [0.1, 0.15) is 11.1 Å². The van der Waals surface area contributed by atoms with Crippen molar-refractivity contribution in [2.75, 3.05) is 11.9 Å². The van der Waals surface area contributed by atoms with Crippen LogP contribution in [-0.2, 0) is 31.3 Å². The molecule has 1 saturated heterocycles. The second-order valence-corrected chi connectivity index (χ2v) is 6.29. The van der Waals surface area contributed by atoms with Crippen LogP contribution in [-0.4, -0.2) is 25.0 Å². The lowest BCUT2D eigenvalue weighted by atomic mass is 9.97. The number of carbonyl (C=O) groups excluding carboxylic acids is 2. The molecule has 0 bridgehead atoms. The Hall–Kier alpha value is -2.37. The summed E-state index contributed by atoms with van der Waals surface area (Å²) in [6, 6.07) is 14.5. The number of hydrogen-bond donors (Lipinski definition) is 0. The summed E-state index contributed by atoms with van der Waals surface area (Å²) in [5, 5.41) is 0.489. The topological polar surface area (TPSA) is 59.1 Å². The van der Waals surface area contributed by atoms with Gasteiger partial charge >= 0.3 is 5.97 Å². The van der Waals surface area contributed by atoms with Crippen molar-refractivity contribution < 1.29 is 19.1 Å². The molecule has 2 heterocycles. The number of carbonyl (C=O) groups is 2. The van der Waals surface area contributed by atoms with E-state index in [1.165, 1.54) is 4.90 Å². The van der Waals surface area contributed by atoms with Gasteiger partial charge in [-0.25, -0.2) is 4.79 Å². The Morgan fingerprint density at radius 1 is 1.29 bits per heavy atom. The van der Waals surface area contributed by atoms with Crippen LogP contribution < -0.4 is 4.90 Å². The van der Waals surface area contributed by atoms with Crippen molar-refractivity contribution in [3.8, 4) is 0 Å². The van der Waals surface area contributed by atoms with Gasteiger partial charge in [0.25, 0.3) is 5.91 Å². The minimum absolute atomic E-state index is 0.141. The maximum Gasteiger partial charge on any atom is 0.339 e. The number of anilines is 1. The van der Waals surface area contributed by atoms with Crippen LogP contribution in [0.25, 0.3) is 0 Å². The maximum absolute atomic E-state index is 12.6. The predicted molar refractivity (Wildman–Crippen MR) is 87.7 cm³/mol. The summed E-state index contributed by atoms with van der Waals surface area (Å²) in [6.45, 7) is 0.141. The highest BCUT2D eigenvalue weighted by Gasteiger charge is 2.72. The number of amides is 1. The highest BCUT2D eigenvalue weighted by atomic mass is 35.5. The van der Waals surface area contributed by atoms with E-state index < -0.39 is 17.7 Å². The third-order valence-corrected chi connectivity index (χ3v) is 4.63. The minimum atomic E-state index is -1.29. The van der Waals surface area contributed by atoms with E-state index in [4.69, 9.17) is 21.1 Å². The Morgan fingerprint density at radius 3 is 2.79 bits per heavy atom. The molecule has 5 nitrogen and oxygen atoms in total. The zero-order chi connectivity index (χ0) is 16.9. The first-order valence-corrected chi connectivity index (χ1v) is 7.88. The quantitative estimate of drug-likeness (QED) is 0.635. The number of benzene rings is 2. The van der Waals surface area contributed by atoms with E-state index in [0.29, 0.717) is 16.3 Å². The highest BCUT2D eigenvalue weighted by Crippen LogP contribution is 2.56. The molecule has 2 aromatic carbocycles. The van der Waals surface area contributed by atoms with Crippen molar-refractivity contribution >= 4 is 29.2 Å². The lowest BCUT2D eigenvalue weighted by Gasteiger charge is -2.08. The van der Waals surface area contributed by atoms with Crippen LogP contribution in [0.15, 0.2) is 48.5 Å². The molecule has 6 heteroatoms. The molecule has 0 unspecified atom stereocenters. The Labute approximate surface area is 143 Å². The van der Waals surface area contributed by atoms with Gasteiger partial charge in [0, 0.05) is 17.6 Å². The summed E-state index contributed by atoms with van der Waals surface area (Å²) in [4.78, 5) is 26.4. The predicted octanol–water partition coefficient (Wildman–Crippen LogP) is 2.65. The largest absolute Gasteiger partial charge is 0.459 e. The molecule has 122 valence electrons. The molecule has 1 spiro atoms. The number of halogens is 1. The first kappa shape index (κ1) is 15.2. The van der Waals surface area contributed by atoms with Gasteiger partial charge in [-0.1, -0.05) is 41.9 Å². The smallest absolute Gasteiger partial charge is 0.339 e. The van der Waals surface area contributed by atoms with E-state index in [-0.39, 0.29) is 12.5 Å². The summed E-state index contributed by atoms with van der Waals surface area (Å²) in [7, 11) is 1.65. The number of hydrogen-bond acceptors (Lipinski definition) is 4. The molecule has 0 aromatic heterocycles. The summed E-state index contributed by atoms with van der Waals surface area (Å²) in [5.41, 5.74) is 0.897. The van der Waals surface area contributed by atoms with Crippen LogP contribution in [0.3, 0.4) is 0 Å². The van der Waals surface area contributed by atoms with Gasteiger partial charge in [0.2, 0.25) is 5.60 Å². The third-order valence-electron chi connectivity index (χ3n) is 4.40. The number of likely N-dealkylation sites (N-methyl/N-ethyl adjacent to an activating group) is 1. The maximum atomic E-state index is 12.6. The molecule has 2 aliphatic rings. The molecule has 2 atom stereocenters. The van der Waals surface area contributed by atoms with Gasteiger partial charge in [-0.05, 0) is 23.8 Å². The molecule has 0 radical (unpaired) electrons. The summed E-state index contributed by atoms with van der Waals surface area (Å²) < 4.78 is 10.9. The fourth-order valence-electron chi connectivity index (χ4n) is 3.11. The highest BCUT2D eigenvalue weighted by molar-refractivity contribution is 6.31. The van der Waals surface area contributed by atoms with Crippen LogP contribution in [0.4, 0.5) is 5.69 Å². The van der Waals surface area contributed by atoms with Gasteiger partial charge in [-0.15, -0.1) is 0 Å². The Kier molecular flexibility index (Phi) is 3.37. The van der Waals surface area contributed by atoms with Crippen molar-refractivity contribution in [3.63, 3.8) is 0 Å². The third kappa shape index (κ3) is 2.12. The van der Waals surface area contributed by atoms with E-state index in [9.17, 15) is 9.59 Å². The number of ether oxygens (including phenoxy) is 2. The molecular weight excluding hydrogens is 330 g/mol. The second-order valence-electron chi connectivity index (χ2n) is 5.85. The van der Waals surface area contributed by atoms with E-state index in [0.717, 1.165) is 5.56 Å². The average Bonchev–Trinajstić information content (AvgIpc) is 3.32. The normalized spacial score (nSPS) is 24.2. The number of fused-ring (bicyclic) bond motifs is 2. The lowest BCUT2D eigenvalue weighted by Crippen LogP contribution is -2.33. The Balaban J connectivity index is 1.55. The van der Waals surface area contributed by atoms with Gasteiger partial charge in [0.1, 0.15) is 6.61 Å². The Morgan fingerprint density at radius 2 is 2.04 bits per heavy atom. The zero-order valence-corrected chi connectivity index (χ0v) is 13.6. The average molecular weight is 344 g/mol. The number of esters is 1. The van der Waals surface area contributed by atoms with Gasteiger partial charge in [-0.3, -0.25) is 4.79 Å². The van der Waals surface area contributed by atoms with E-state index in [1.54, 1.807) is 25.2 Å². The van der Waals surface area contributed by atoms with E-state index in [2.05, 4.69) is 0 Å². The molecule has 4 rings (SSSR count). The first-order chi connectivity index (χ1) is 11.5. The van der Waals surface area contributed by atoms with Gasteiger partial charge in [0.15, 0.2) is 6.10 Å². The van der Waals surface area contributed by atoms with Crippen molar-refractivity contribution in [1.29, 1.82) is 0 Å². The summed E-state index contributed by atoms with van der Waals surface area (Å²) >= 11 is 6.04. The monoisotopic (exact) mass is 343 g/mol. The molecule has 0 saturated carbocycles. The van der Waals surface area contributed by atoms with Crippen molar-refractivity contribution in [1.82, 2.24) is 0 Å². The van der Waals surface area contributed by atoms with E-state index in [1.807, 2.05) is 30.3 Å². The van der Waals surface area contributed by atoms with Crippen molar-refractivity contribution in [2.24, 2.45) is 0 Å². The van der Waals surface area contributed by atoms with Crippen LogP contribution in [0.5, 0.6) is 0 Å². The van der Waals surface area contributed by atoms with Gasteiger partial charge in [-0.2, -0.15) is 0 Å². The van der Waals surface area contributed by atoms with Crippen LogP contribution >= 0.6 is 11.6 Å². The number of rotatable bonds is 3. The van der Waals surface area contributed by atoms with Gasteiger partial charge < -0.3 is 14.4 Å². The Bertz CT molecular complexity index is 838. The second kappa shape index (κ2) is 5.33. The molecule has 1 fully saturated rings. The fraction of sp³-hybridized carbons (Fsp3) is 0.222. The molecule has 0 aliphatic carbocycles. The SMILES string of the molecule is CN1C(=O)[C@]2(O[C@@H]2C(=O)OCc2ccccc2)c2cc(Cl)ccc21. The van der Waals surface area contributed by atoms with Crippen LogP contribution in [0, 0.1) is 0 Å². The first-order valence-electron chi connectivity index (χ1n) is 7.50. The summed E-state index contributed by atoms with van der Waals surface area (Å²) in [5.74, 6) is -0.824. The number of epoxide rings is 1. The molecule has 2 aliphatic heterocycles. The van der Waals surface area contributed by atoms with Crippen LogP contribution in [0.2, 0.25) is 5.02 Å². The molecule has 2 aromatic rings. The fourth-order valence-corrected chi connectivity index (χ4v) is 3.28. The van der Waals surface area contributed by atoms with E-state index >= 15 is 0 Å². The molecule has 0 N–H and O–H groups in total. The minimum Gasteiger partial charge on any atom is -0.459 e. The molecule has 1 amide bonds. The standard InChI is InChI=1S/C18H14ClNO4/c1-20-14-8-7-12(19)9-13(14)18(17(20)22)15(24-18)16(21)23-10-11-5-3-2-4-6-11/h2-9,15H,10H2,1H3/t15-,18+/m1/s1. The number of nitrogens with zero attached hydrogens (tertiary/aromatic N) is 1. The van der Waals surface area contributed by atoms with Crippen molar-refractivity contribution in [2.45, 2.75) is 18.3 Å². The van der Waals surface area contributed by atoms with Crippen molar-refractivity contribution in [3.05, 3.63) is 64.7 Å². The molecular formula is C18H14ClNO4. The molecule has 24 heavy (non-hydrogen) atoms. The lowest BCUT2D eigenvalue weighted by molar-refractivity contribution is -0.146. The van der Waals surface area contributed by atoms with Gasteiger partial charge in [0.05, 0.1) is 5.69 Å². The zero-order valence-electron chi connectivity index (χ0n) is 12.9. The summed E-state index contributed by atoms with van der Waals surface area (Å²) in [6.07, 6.45) is -0.934.